The molecule has 2 aliphatic rings. The van der Waals surface area contributed by atoms with Gasteiger partial charge in [0.05, 0.1) is 16.8 Å². The van der Waals surface area contributed by atoms with Crippen molar-refractivity contribution in [2.24, 2.45) is 4.99 Å². The lowest BCUT2D eigenvalue weighted by Gasteiger charge is -2.26. The molecule has 2 bridgehead atoms. The number of aliphatic imine (C=N–C) groups is 1. The lowest BCUT2D eigenvalue weighted by atomic mass is 9.93. The first-order chi connectivity index (χ1) is 12.7. The number of para-hydroxylation sites is 1. The monoisotopic (exact) mass is 348 g/mol. The standard InChI is InChI=1S/C20H16N2O4/c1-25-20-15-14(17(26-20)21-16(20)12-8-4-2-5-9-12)18(23)22(19(15)24)13-10-6-3-7-11-13/h2-11,17,23-24H,1H3. The van der Waals surface area contributed by atoms with Crippen LogP contribution in [0.25, 0.3) is 5.69 Å². The van der Waals surface area contributed by atoms with Gasteiger partial charge >= 0.3 is 0 Å². The third kappa shape index (κ3) is 1.75. The normalized spacial score (nSPS) is 23.1. The summed E-state index contributed by atoms with van der Waals surface area (Å²) in [5.41, 5.74) is 2.91. The van der Waals surface area contributed by atoms with E-state index in [0.29, 0.717) is 22.5 Å². The van der Waals surface area contributed by atoms with Gasteiger partial charge in [-0.25, -0.2) is 4.99 Å². The van der Waals surface area contributed by atoms with E-state index in [1.165, 1.54) is 11.7 Å². The maximum Gasteiger partial charge on any atom is 0.247 e. The second kappa shape index (κ2) is 5.20. The Morgan fingerprint density at radius 2 is 1.65 bits per heavy atom. The molecule has 2 aliphatic heterocycles. The summed E-state index contributed by atoms with van der Waals surface area (Å²) >= 11 is 0. The van der Waals surface area contributed by atoms with Crippen molar-refractivity contribution < 1.29 is 19.7 Å². The molecule has 2 aromatic carbocycles. The van der Waals surface area contributed by atoms with Crippen molar-refractivity contribution >= 4 is 5.71 Å². The van der Waals surface area contributed by atoms with Gasteiger partial charge in [-0.1, -0.05) is 48.5 Å². The number of nitrogens with zero attached hydrogens (tertiary/aromatic N) is 2. The third-order valence-corrected chi connectivity index (χ3v) is 4.92. The lowest BCUT2D eigenvalue weighted by Crippen LogP contribution is -2.35. The molecule has 6 nitrogen and oxygen atoms in total. The van der Waals surface area contributed by atoms with E-state index in [-0.39, 0.29) is 11.8 Å². The van der Waals surface area contributed by atoms with Gasteiger partial charge in [-0.2, -0.15) is 0 Å². The van der Waals surface area contributed by atoms with Gasteiger partial charge in [-0.15, -0.1) is 0 Å². The molecule has 0 saturated carbocycles. The highest BCUT2D eigenvalue weighted by molar-refractivity contribution is 6.09. The van der Waals surface area contributed by atoms with Crippen LogP contribution in [0.5, 0.6) is 11.8 Å². The van der Waals surface area contributed by atoms with Crippen LogP contribution in [0.2, 0.25) is 0 Å². The largest absolute Gasteiger partial charge is 0.494 e. The van der Waals surface area contributed by atoms with Crippen LogP contribution < -0.4 is 0 Å². The summed E-state index contributed by atoms with van der Waals surface area (Å²) in [6.45, 7) is 0. The summed E-state index contributed by atoms with van der Waals surface area (Å²) in [5, 5.41) is 21.7. The van der Waals surface area contributed by atoms with E-state index in [9.17, 15) is 10.2 Å². The van der Waals surface area contributed by atoms with E-state index in [4.69, 9.17) is 9.47 Å². The maximum absolute atomic E-state index is 11.0. The molecule has 0 radical (unpaired) electrons. The Hall–Kier alpha value is -3.09. The zero-order valence-electron chi connectivity index (χ0n) is 14.0. The van der Waals surface area contributed by atoms with Crippen molar-refractivity contribution in [1.82, 2.24) is 4.57 Å². The molecule has 0 aliphatic carbocycles. The van der Waals surface area contributed by atoms with Crippen molar-refractivity contribution in [3.8, 4) is 17.4 Å². The van der Waals surface area contributed by atoms with E-state index < -0.39 is 12.0 Å². The van der Waals surface area contributed by atoms with Gasteiger partial charge in [-0.3, -0.25) is 4.57 Å². The number of fused-ring (bicyclic) bond motifs is 5. The lowest BCUT2D eigenvalue weighted by molar-refractivity contribution is -0.175. The van der Waals surface area contributed by atoms with Gasteiger partial charge in [0.2, 0.25) is 17.5 Å². The van der Waals surface area contributed by atoms with E-state index in [1.807, 2.05) is 48.5 Å². The zero-order valence-corrected chi connectivity index (χ0v) is 14.0. The van der Waals surface area contributed by atoms with Gasteiger partial charge in [0.1, 0.15) is 5.71 Å². The first-order valence-electron chi connectivity index (χ1n) is 8.26. The summed E-state index contributed by atoms with van der Waals surface area (Å²) in [7, 11) is 1.51. The highest BCUT2D eigenvalue weighted by Gasteiger charge is 2.60. The van der Waals surface area contributed by atoms with E-state index in [2.05, 4.69) is 4.99 Å². The summed E-state index contributed by atoms with van der Waals surface area (Å²) in [6.07, 6.45) is -0.726. The average Bonchev–Trinajstić information content (AvgIpc) is 3.31. The highest BCUT2D eigenvalue weighted by Crippen LogP contribution is 2.59. The molecule has 2 unspecified atom stereocenters. The van der Waals surface area contributed by atoms with Crippen LogP contribution in [-0.4, -0.2) is 27.6 Å². The minimum absolute atomic E-state index is 0.0940. The number of benzene rings is 2. The Morgan fingerprint density at radius 3 is 2.31 bits per heavy atom. The number of hydrogen-bond donors (Lipinski definition) is 2. The Bertz CT molecular complexity index is 1030. The second-order valence-electron chi connectivity index (χ2n) is 6.24. The quantitative estimate of drug-likeness (QED) is 0.762. The van der Waals surface area contributed by atoms with E-state index in [1.54, 1.807) is 12.1 Å². The zero-order chi connectivity index (χ0) is 17.9. The molecule has 6 heteroatoms. The molecule has 2 N–H and O–H groups in total. The third-order valence-electron chi connectivity index (χ3n) is 4.92. The van der Waals surface area contributed by atoms with Crippen LogP contribution in [0.4, 0.5) is 0 Å². The van der Waals surface area contributed by atoms with Crippen LogP contribution in [0.1, 0.15) is 22.9 Å². The van der Waals surface area contributed by atoms with Crippen molar-refractivity contribution in [3.63, 3.8) is 0 Å². The topological polar surface area (TPSA) is 76.2 Å². The summed E-state index contributed by atoms with van der Waals surface area (Å²) in [5.74, 6) is -1.55. The number of rotatable bonds is 3. The van der Waals surface area contributed by atoms with Crippen LogP contribution in [0, 0.1) is 0 Å². The highest BCUT2D eigenvalue weighted by atomic mass is 16.7. The van der Waals surface area contributed by atoms with E-state index in [0.717, 1.165) is 5.56 Å². The maximum atomic E-state index is 11.0. The number of aromatic hydroxyl groups is 2. The minimum atomic E-state index is -1.34. The van der Waals surface area contributed by atoms with Crippen LogP contribution in [0.15, 0.2) is 65.7 Å². The molecule has 2 atom stereocenters. The summed E-state index contributed by atoms with van der Waals surface area (Å²) in [4.78, 5) is 4.60. The molecule has 0 fully saturated rings. The summed E-state index contributed by atoms with van der Waals surface area (Å²) in [6, 6.07) is 18.7. The molecule has 5 rings (SSSR count). The number of hydrogen-bond acceptors (Lipinski definition) is 5. The second-order valence-corrected chi connectivity index (χ2v) is 6.24. The molecule has 3 heterocycles. The van der Waals surface area contributed by atoms with Crippen molar-refractivity contribution in [2.45, 2.75) is 12.0 Å². The van der Waals surface area contributed by atoms with Crippen LogP contribution in [-0.2, 0) is 15.3 Å². The van der Waals surface area contributed by atoms with Crippen molar-refractivity contribution in [1.29, 1.82) is 0 Å². The van der Waals surface area contributed by atoms with Crippen LogP contribution in [0.3, 0.4) is 0 Å². The Labute approximate surface area is 149 Å². The average molecular weight is 348 g/mol. The first-order valence-corrected chi connectivity index (χ1v) is 8.26. The molecular formula is C20H16N2O4. The fourth-order valence-electron chi connectivity index (χ4n) is 3.79. The van der Waals surface area contributed by atoms with Gasteiger partial charge in [0, 0.05) is 12.7 Å². The summed E-state index contributed by atoms with van der Waals surface area (Å²) < 4.78 is 13.1. The predicted molar refractivity (Wildman–Crippen MR) is 94.6 cm³/mol. The van der Waals surface area contributed by atoms with Gasteiger partial charge < -0.3 is 19.7 Å². The Kier molecular flexibility index (Phi) is 3.04. The molecular weight excluding hydrogens is 332 g/mol. The molecule has 130 valence electrons. The fourth-order valence-corrected chi connectivity index (χ4v) is 3.79. The Morgan fingerprint density at radius 1 is 1.00 bits per heavy atom. The molecule has 0 saturated heterocycles. The Balaban J connectivity index is 1.74. The van der Waals surface area contributed by atoms with Gasteiger partial charge in [0.15, 0.2) is 6.23 Å². The molecule has 26 heavy (non-hydrogen) atoms. The number of ether oxygens (including phenoxy) is 2. The number of aromatic nitrogens is 1. The van der Waals surface area contributed by atoms with Gasteiger partial charge in [-0.05, 0) is 12.1 Å². The fraction of sp³-hybridized carbons (Fsp3) is 0.150. The van der Waals surface area contributed by atoms with E-state index >= 15 is 0 Å². The smallest absolute Gasteiger partial charge is 0.247 e. The molecule has 3 aromatic rings. The minimum Gasteiger partial charge on any atom is -0.494 e. The van der Waals surface area contributed by atoms with Gasteiger partial charge in [0.25, 0.3) is 0 Å². The molecule has 0 amide bonds. The molecule has 0 spiro atoms. The predicted octanol–water partition coefficient (Wildman–Crippen LogP) is 3.22. The molecule has 1 aromatic heterocycles. The first kappa shape index (κ1) is 15.2. The van der Waals surface area contributed by atoms with Crippen molar-refractivity contribution in [3.05, 3.63) is 77.4 Å². The van der Waals surface area contributed by atoms with Crippen LogP contribution >= 0.6 is 0 Å². The number of methoxy groups -OCH3 is 1. The van der Waals surface area contributed by atoms with Crippen molar-refractivity contribution in [2.75, 3.05) is 7.11 Å². The SMILES string of the molecule is COC12OC(N=C1c1ccccc1)c1c2c(O)n(-c2ccccc2)c1O.